The molecule has 1 aliphatic rings. The normalized spacial score (nSPS) is 12.8. The summed E-state index contributed by atoms with van der Waals surface area (Å²) in [5.74, 6) is -1.97. The van der Waals surface area contributed by atoms with Crippen molar-refractivity contribution in [1.82, 2.24) is 0 Å². The van der Waals surface area contributed by atoms with E-state index in [-0.39, 0.29) is 16.9 Å². The van der Waals surface area contributed by atoms with Crippen LogP contribution in [0.1, 0.15) is 20.7 Å². The van der Waals surface area contributed by atoms with E-state index < -0.39 is 17.6 Å². The Morgan fingerprint density at radius 1 is 0.960 bits per heavy atom. The van der Waals surface area contributed by atoms with Crippen LogP contribution in [0.25, 0.3) is 10.8 Å². The third kappa shape index (κ3) is 2.49. The topological polar surface area (TPSA) is 95.5 Å². The van der Waals surface area contributed by atoms with Crippen molar-refractivity contribution < 1.29 is 19.5 Å². The lowest BCUT2D eigenvalue weighted by Crippen LogP contribution is -2.13. The van der Waals surface area contributed by atoms with Crippen molar-refractivity contribution in [3.8, 4) is 5.75 Å². The van der Waals surface area contributed by atoms with Crippen molar-refractivity contribution >= 4 is 39.7 Å². The molecule has 0 spiro atoms. The van der Waals surface area contributed by atoms with Gasteiger partial charge in [0, 0.05) is 5.69 Å². The van der Waals surface area contributed by atoms with Crippen LogP contribution in [0, 0.1) is 0 Å². The second kappa shape index (κ2) is 5.45. The van der Waals surface area contributed by atoms with Crippen molar-refractivity contribution in [2.24, 2.45) is 0 Å². The molecule has 0 saturated carbocycles. The zero-order valence-corrected chi connectivity index (χ0v) is 12.9. The summed E-state index contributed by atoms with van der Waals surface area (Å²) in [6.07, 6.45) is 0. The Bertz CT molecular complexity index is 1070. The van der Waals surface area contributed by atoms with E-state index in [9.17, 15) is 19.5 Å². The molecule has 3 aromatic carbocycles. The van der Waals surface area contributed by atoms with E-state index >= 15 is 0 Å². The number of hydrogen-bond donors (Lipinski definition) is 3. The SMILES string of the molecule is O=C1Nc2ccc(NC(=O)c3cc4ccccc4cc3O)cc2C1=O. The molecule has 0 unspecified atom stereocenters. The van der Waals surface area contributed by atoms with Crippen LogP contribution in [0.2, 0.25) is 0 Å². The highest BCUT2D eigenvalue weighted by atomic mass is 16.3. The molecule has 0 atom stereocenters. The van der Waals surface area contributed by atoms with Gasteiger partial charge in [0.2, 0.25) is 0 Å². The Kier molecular flexibility index (Phi) is 3.25. The number of Topliss-reactive ketones (excluding diaryl/α,β-unsaturated/α-hetero) is 1. The molecule has 3 N–H and O–H groups in total. The average Bonchev–Trinajstić information content (AvgIpc) is 2.88. The highest BCUT2D eigenvalue weighted by molar-refractivity contribution is 6.51. The van der Waals surface area contributed by atoms with Crippen molar-refractivity contribution in [1.29, 1.82) is 0 Å². The minimum Gasteiger partial charge on any atom is -0.507 e. The van der Waals surface area contributed by atoms with Crippen molar-refractivity contribution in [2.45, 2.75) is 0 Å². The first kappa shape index (κ1) is 14.9. The monoisotopic (exact) mass is 332 g/mol. The summed E-state index contributed by atoms with van der Waals surface area (Å²) in [5, 5.41) is 16.9. The van der Waals surface area contributed by atoms with E-state index in [1.54, 1.807) is 18.2 Å². The molecule has 0 aromatic heterocycles. The minimum atomic E-state index is -0.689. The summed E-state index contributed by atoms with van der Waals surface area (Å²) in [6, 6.07) is 15.1. The number of carbonyl (C=O) groups excluding carboxylic acids is 3. The molecular weight excluding hydrogens is 320 g/mol. The van der Waals surface area contributed by atoms with Gasteiger partial charge in [0.15, 0.2) is 0 Å². The van der Waals surface area contributed by atoms with Crippen LogP contribution in [0.15, 0.2) is 54.6 Å². The summed E-state index contributed by atoms with van der Waals surface area (Å²) in [4.78, 5) is 35.6. The summed E-state index contributed by atoms with van der Waals surface area (Å²) < 4.78 is 0. The van der Waals surface area contributed by atoms with Crippen molar-refractivity contribution in [3.63, 3.8) is 0 Å². The van der Waals surface area contributed by atoms with Gasteiger partial charge >= 0.3 is 0 Å². The van der Waals surface area contributed by atoms with E-state index in [2.05, 4.69) is 10.6 Å². The van der Waals surface area contributed by atoms with E-state index in [0.717, 1.165) is 10.8 Å². The average molecular weight is 332 g/mol. The molecule has 25 heavy (non-hydrogen) atoms. The number of carbonyl (C=O) groups is 3. The maximum atomic E-state index is 12.5. The predicted molar refractivity (Wildman–Crippen MR) is 93.0 cm³/mol. The molecule has 1 heterocycles. The van der Waals surface area contributed by atoms with Crippen LogP contribution >= 0.6 is 0 Å². The van der Waals surface area contributed by atoms with Gasteiger partial charge in [-0.05, 0) is 41.1 Å². The van der Waals surface area contributed by atoms with Gasteiger partial charge in [-0.25, -0.2) is 0 Å². The first-order chi connectivity index (χ1) is 12.0. The molecule has 2 amide bonds. The van der Waals surface area contributed by atoms with Crippen molar-refractivity contribution in [2.75, 3.05) is 10.6 Å². The van der Waals surface area contributed by atoms with Gasteiger partial charge in [0.1, 0.15) is 5.75 Å². The molecular formula is C19H12N2O4. The predicted octanol–water partition coefficient (Wildman–Crippen LogP) is 2.93. The number of anilines is 2. The Morgan fingerprint density at radius 3 is 2.44 bits per heavy atom. The molecule has 0 aliphatic carbocycles. The maximum Gasteiger partial charge on any atom is 0.296 e. The molecule has 0 bridgehead atoms. The number of phenols is 1. The van der Waals surface area contributed by atoms with Gasteiger partial charge in [0.05, 0.1) is 16.8 Å². The Labute approximate surface area is 142 Å². The molecule has 4 rings (SSSR count). The van der Waals surface area contributed by atoms with E-state index in [1.807, 2.05) is 24.3 Å². The second-order valence-corrected chi connectivity index (χ2v) is 5.71. The lowest BCUT2D eigenvalue weighted by molar-refractivity contribution is -0.112. The molecule has 0 radical (unpaired) electrons. The molecule has 6 nitrogen and oxygen atoms in total. The number of amides is 2. The van der Waals surface area contributed by atoms with Gasteiger partial charge in [-0.15, -0.1) is 0 Å². The number of rotatable bonds is 2. The van der Waals surface area contributed by atoms with Gasteiger partial charge in [0.25, 0.3) is 17.6 Å². The number of aromatic hydroxyl groups is 1. The van der Waals surface area contributed by atoms with Gasteiger partial charge in [-0.1, -0.05) is 24.3 Å². The van der Waals surface area contributed by atoms with Crippen LogP contribution in [0.4, 0.5) is 11.4 Å². The Morgan fingerprint density at radius 2 is 1.68 bits per heavy atom. The van der Waals surface area contributed by atoms with Gasteiger partial charge in [-0.2, -0.15) is 0 Å². The van der Waals surface area contributed by atoms with Gasteiger partial charge < -0.3 is 15.7 Å². The van der Waals surface area contributed by atoms with E-state index in [1.165, 1.54) is 12.1 Å². The zero-order chi connectivity index (χ0) is 17.6. The number of ketones is 1. The van der Waals surface area contributed by atoms with Gasteiger partial charge in [-0.3, -0.25) is 14.4 Å². The molecule has 0 fully saturated rings. The number of fused-ring (bicyclic) bond motifs is 2. The van der Waals surface area contributed by atoms with Crippen LogP contribution in [-0.4, -0.2) is 22.7 Å². The van der Waals surface area contributed by atoms with Crippen LogP contribution < -0.4 is 10.6 Å². The first-order valence-corrected chi connectivity index (χ1v) is 7.56. The third-order valence-electron chi connectivity index (χ3n) is 4.09. The van der Waals surface area contributed by atoms with Crippen LogP contribution in [0.3, 0.4) is 0 Å². The Balaban J connectivity index is 1.66. The fraction of sp³-hybridized carbons (Fsp3) is 0. The molecule has 1 aliphatic heterocycles. The molecule has 6 heteroatoms. The summed E-state index contributed by atoms with van der Waals surface area (Å²) in [5.41, 5.74) is 1.12. The van der Waals surface area contributed by atoms with E-state index in [4.69, 9.17) is 0 Å². The number of phenolic OH excluding ortho intramolecular Hbond substituents is 1. The summed E-state index contributed by atoms with van der Waals surface area (Å²) in [7, 11) is 0. The quantitative estimate of drug-likeness (QED) is 0.629. The second-order valence-electron chi connectivity index (χ2n) is 5.71. The van der Waals surface area contributed by atoms with Crippen molar-refractivity contribution in [3.05, 3.63) is 65.7 Å². The van der Waals surface area contributed by atoms with Crippen LogP contribution in [0.5, 0.6) is 5.75 Å². The molecule has 3 aromatic rings. The number of benzene rings is 3. The fourth-order valence-corrected chi connectivity index (χ4v) is 2.83. The summed E-state index contributed by atoms with van der Waals surface area (Å²) in [6.45, 7) is 0. The number of hydrogen-bond acceptors (Lipinski definition) is 4. The van der Waals surface area contributed by atoms with E-state index in [0.29, 0.717) is 11.4 Å². The highest BCUT2D eigenvalue weighted by Gasteiger charge is 2.28. The summed E-state index contributed by atoms with van der Waals surface area (Å²) >= 11 is 0. The zero-order valence-electron chi connectivity index (χ0n) is 12.9. The third-order valence-corrected chi connectivity index (χ3v) is 4.09. The Hall–Kier alpha value is -3.67. The molecule has 122 valence electrons. The molecule has 0 saturated heterocycles. The highest BCUT2D eigenvalue weighted by Crippen LogP contribution is 2.28. The largest absolute Gasteiger partial charge is 0.507 e. The minimum absolute atomic E-state index is 0.125. The van der Waals surface area contributed by atoms with Crippen LogP contribution in [-0.2, 0) is 4.79 Å². The lowest BCUT2D eigenvalue weighted by Gasteiger charge is -2.09. The first-order valence-electron chi connectivity index (χ1n) is 7.56. The number of nitrogens with one attached hydrogen (secondary N) is 2. The lowest BCUT2D eigenvalue weighted by atomic mass is 10.1. The fourth-order valence-electron chi connectivity index (χ4n) is 2.83. The smallest absolute Gasteiger partial charge is 0.296 e. The maximum absolute atomic E-state index is 12.5. The standard InChI is InChI=1S/C19H12N2O4/c22-16-8-11-4-2-1-3-10(11)7-14(16)18(24)20-12-5-6-15-13(9-12)17(23)19(25)21-15/h1-9,22H,(H,20,24)(H,21,23,25).